The van der Waals surface area contributed by atoms with E-state index in [1.54, 1.807) is 61.4 Å². The number of methoxy groups -OCH3 is 2. The molecule has 1 amide bonds. The van der Waals surface area contributed by atoms with E-state index in [0.29, 0.717) is 54.2 Å². The Balaban J connectivity index is 1.24. The number of aryl methyl sites for hydroxylation is 1. The van der Waals surface area contributed by atoms with Gasteiger partial charge in [-0.15, -0.1) is 0 Å². The number of nitrogens with one attached hydrogen (secondary N) is 1. The lowest BCUT2D eigenvalue weighted by Gasteiger charge is -2.23. The fraction of sp³-hybridized carbons (Fsp3) is 0.257. The molecule has 0 atom stereocenters. The summed E-state index contributed by atoms with van der Waals surface area (Å²) in [6, 6.07) is 18.3. The Labute approximate surface area is 260 Å². The normalized spacial score (nSPS) is 13.4. The lowest BCUT2D eigenvalue weighted by molar-refractivity contribution is 0.0609. The Bertz CT molecular complexity index is 1880. The van der Waals surface area contributed by atoms with Gasteiger partial charge in [0.1, 0.15) is 22.9 Å². The fourth-order valence-corrected chi connectivity index (χ4v) is 5.41. The van der Waals surface area contributed by atoms with E-state index in [9.17, 15) is 9.59 Å². The minimum absolute atomic E-state index is 0.0508. The summed E-state index contributed by atoms with van der Waals surface area (Å²) in [7, 11) is 3.14. The second-order valence-electron chi connectivity index (χ2n) is 11.0. The fourth-order valence-electron chi connectivity index (χ4n) is 5.41. The minimum Gasteiger partial charge on any atom is -0.493 e. The van der Waals surface area contributed by atoms with Crippen LogP contribution in [0.2, 0.25) is 0 Å². The number of carbonyl (C=O) groups excluding carboxylic acids is 1. The Morgan fingerprint density at radius 2 is 1.69 bits per heavy atom. The summed E-state index contributed by atoms with van der Waals surface area (Å²) >= 11 is 0. The van der Waals surface area contributed by atoms with Crippen molar-refractivity contribution in [3.05, 3.63) is 101 Å². The van der Waals surface area contributed by atoms with E-state index in [-0.39, 0.29) is 16.9 Å². The second kappa shape index (κ2) is 13.2. The molecular formula is C35H34N4O6. The Morgan fingerprint density at radius 3 is 2.40 bits per heavy atom. The first-order chi connectivity index (χ1) is 21.9. The lowest BCUT2D eigenvalue weighted by atomic mass is 9.99. The highest BCUT2D eigenvalue weighted by Crippen LogP contribution is 2.37. The summed E-state index contributed by atoms with van der Waals surface area (Å²) in [4.78, 5) is 35.9. The van der Waals surface area contributed by atoms with Crippen molar-refractivity contribution in [2.45, 2.75) is 26.3 Å². The highest BCUT2D eigenvalue weighted by atomic mass is 16.5. The third-order valence-electron chi connectivity index (χ3n) is 7.92. The quantitative estimate of drug-likeness (QED) is 0.209. The zero-order valence-corrected chi connectivity index (χ0v) is 25.4. The molecule has 0 radical (unpaired) electrons. The standard InChI is InChI=1S/C35H34N4O6/c1-22-4-6-24(7-5-22)25-16-28(35(41)39(21-25)20-23-11-14-44-15-12-23)34(40)38-33-9-8-26(19-37-33)45-30-10-13-36-29-18-32(43-3)31(42-2)17-27(29)30/h4-10,13,16-19,21,23H,11-12,14-15,20H2,1-3H3,(H,37,38,40). The molecule has 6 rings (SSSR count). The summed E-state index contributed by atoms with van der Waals surface area (Å²) in [5, 5.41) is 3.52. The van der Waals surface area contributed by atoms with Crippen molar-refractivity contribution in [2.75, 3.05) is 32.8 Å². The summed E-state index contributed by atoms with van der Waals surface area (Å²) in [5.74, 6) is 2.18. The zero-order valence-electron chi connectivity index (χ0n) is 25.4. The number of pyridine rings is 3. The van der Waals surface area contributed by atoms with Crippen molar-refractivity contribution in [1.82, 2.24) is 14.5 Å². The van der Waals surface area contributed by atoms with Gasteiger partial charge in [0.15, 0.2) is 11.5 Å². The van der Waals surface area contributed by atoms with Crippen molar-refractivity contribution in [3.63, 3.8) is 0 Å². The van der Waals surface area contributed by atoms with Crippen LogP contribution in [0.1, 0.15) is 28.8 Å². The summed E-state index contributed by atoms with van der Waals surface area (Å²) in [6.45, 7) is 3.90. The molecule has 0 unspecified atom stereocenters. The summed E-state index contributed by atoms with van der Waals surface area (Å²) < 4.78 is 24.1. The van der Waals surface area contributed by atoms with E-state index in [1.165, 1.54) is 6.20 Å². The number of nitrogens with zero attached hydrogens (tertiary/aromatic N) is 3. The van der Waals surface area contributed by atoms with Crippen molar-refractivity contribution in [3.8, 4) is 34.1 Å². The van der Waals surface area contributed by atoms with E-state index < -0.39 is 5.91 Å². The average molecular weight is 607 g/mol. The molecule has 4 heterocycles. The Morgan fingerprint density at radius 1 is 0.933 bits per heavy atom. The van der Waals surface area contributed by atoms with Gasteiger partial charge in [0.05, 0.1) is 25.9 Å². The predicted octanol–water partition coefficient (Wildman–Crippen LogP) is 6.26. The van der Waals surface area contributed by atoms with Crippen LogP contribution in [-0.2, 0) is 11.3 Å². The van der Waals surface area contributed by atoms with Crippen molar-refractivity contribution in [2.24, 2.45) is 5.92 Å². The molecule has 2 aromatic carbocycles. The SMILES string of the molecule is COc1cc2nccc(Oc3ccc(NC(=O)c4cc(-c5ccc(C)cc5)cn(CC5CCOCC5)c4=O)nc3)c2cc1OC. The molecule has 1 saturated heterocycles. The van der Waals surface area contributed by atoms with Gasteiger partial charge in [0.25, 0.3) is 11.5 Å². The zero-order chi connectivity index (χ0) is 31.3. The molecule has 5 aromatic rings. The van der Waals surface area contributed by atoms with Crippen LogP contribution < -0.4 is 25.1 Å². The molecular weight excluding hydrogens is 572 g/mol. The maximum absolute atomic E-state index is 13.6. The number of hydrogen-bond acceptors (Lipinski definition) is 8. The summed E-state index contributed by atoms with van der Waals surface area (Å²) in [5.41, 5.74) is 3.23. The molecule has 230 valence electrons. The first-order valence-electron chi connectivity index (χ1n) is 14.8. The molecule has 1 aliphatic heterocycles. The van der Waals surface area contributed by atoms with Crippen molar-refractivity contribution < 1.29 is 23.7 Å². The van der Waals surface area contributed by atoms with Crippen LogP contribution in [0.25, 0.3) is 22.0 Å². The smallest absolute Gasteiger partial charge is 0.263 e. The van der Waals surface area contributed by atoms with E-state index in [0.717, 1.165) is 34.9 Å². The van der Waals surface area contributed by atoms with Crippen LogP contribution in [0, 0.1) is 12.8 Å². The van der Waals surface area contributed by atoms with Gasteiger partial charge in [-0.2, -0.15) is 0 Å². The molecule has 0 saturated carbocycles. The Hall–Kier alpha value is -5.22. The first kappa shape index (κ1) is 29.8. The van der Waals surface area contributed by atoms with Gasteiger partial charge >= 0.3 is 0 Å². The van der Waals surface area contributed by atoms with Gasteiger partial charge in [0, 0.05) is 43.6 Å². The monoisotopic (exact) mass is 606 g/mol. The van der Waals surface area contributed by atoms with Crippen molar-refractivity contribution >= 4 is 22.6 Å². The Kier molecular flexibility index (Phi) is 8.74. The number of hydrogen-bond donors (Lipinski definition) is 1. The van der Waals surface area contributed by atoms with Crippen LogP contribution in [0.15, 0.2) is 84.0 Å². The van der Waals surface area contributed by atoms with Gasteiger partial charge in [-0.3, -0.25) is 14.6 Å². The third kappa shape index (κ3) is 6.66. The van der Waals surface area contributed by atoms with Gasteiger partial charge in [-0.25, -0.2) is 4.98 Å². The molecule has 0 aliphatic carbocycles. The van der Waals surface area contributed by atoms with Crippen LogP contribution in [0.5, 0.6) is 23.0 Å². The maximum atomic E-state index is 13.6. The van der Waals surface area contributed by atoms with E-state index >= 15 is 0 Å². The van der Waals surface area contributed by atoms with Gasteiger partial charge < -0.3 is 28.8 Å². The third-order valence-corrected chi connectivity index (χ3v) is 7.92. The first-order valence-corrected chi connectivity index (χ1v) is 14.8. The molecule has 0 spiro atoms. The summed E-state index contributed by atoms with van der Waals surface area (Å²) in [6.07, 6.45) is 6.74. The van der Waals surface area contributed by atoms with Crippen LogP contribution in [0.3, 0.4) is 0 Å². The largest absolute Gasteiger partial charge is 0.493 e. The highest BCUT2D eigenvalue weighted by Gasteiger charge is 2.20. The van der Waals surface area contributed by atoms with Gasteiger partial charge in [-0.05, 0) is 67.1 Å². The predicted molar refractivity (Wildman–Crippen MR) is 172 cm³/mol. The van der Waals surface area contributed by atoms with Crippen LogP contribution >= 0.6 is 0 Å². The second-order valence-corrected chi connectivity index (χ2v) is 11.0. The van der Waals surface area contributed by atoms with Gasteiger partial charge in [-0.1, -0.05) is 29.8 Å². The number of fused-ring (bicyclic) bond motifs is 1. The molecule has 1 N–H and O–H groups in total. The topological polar surface area (TPSA) is 114 Å². The maximum Gasteiger partial charge on any atom is 0.263 e. The van der Waals surface area contributed by atoms with Gasteiger partial charge in [0.2, 0.25) is 0 Å². The molecule has 45 heavy (non-hydrogen) atoms. The highest BCUT2D eigenvalue weighted by molar-refractivity contribution is 6.04. The number of aromatic nitrogens is 3. The molecule has 10 heteroatoms. The lowest BCUT2D eigenvalue weighted by Crippen LogP contribution is -2.32. The number of carbonyl (C=O) groups is 1. The number of benzene rings is 2. The molecule has 0 bridgehead atoms. The molecule has 1 aliphatic rings. The number of anilines is 1. The van der Waals surface area contributed by atoms with E-state index in [2.05, 4.69) is 15.3 Å². The number of rotatable bonds is 9. The van der Waals surface area contributed by atoms with E-state index in [4.69, 9.17) is 18.9 Å². The minimum atomic E-state index is -0.531. The number of amides is 1. The average Bonchev–Trinajstić information content (AvgIpc) is 3.07. The number of ether oxygens (including phenoxy) is 4. The molecule has 10 nitrogen and oxygen atoms in total. The van der Waals surface area contributed by atoms with Crippen molar-refractivity contribution in [1.29, 1.82) is 0 Å². The van der Waals surface area contributed by atoms with Crippen LogP contribution in [-0.4, -0.2) is 47.9 Å². The van der Waals surface area contributed by atoms with E-state index in [1.807, 2.05) is 37.4 Å². The molecule has 3 aromatic heterocycles. The molecule has 1 fully saturated rings. The van der Waals surface area contributed by atoms with Crippen LogP contribution in [0.4, 0.5) is 5.82 Å².